The third-order valence-corrected chi connectivity index (χ3v) is 7.41. The van der Waals surface area contributed by atoms with Crippen molar-refractivity contribution < 1.29 is 35.9 Å². The Kier molecular flexibility index (Phi) is 9.87. The van der Waals surface area contributed by atoms with E-state index in [1.54, 1.807) is 36.5 Å². The monoisotopic (exact) mass is 604 g/mol. The number of likely N-dealkylation sites (N-methyl/N-ethyl adjacent to an activating group) is 1. The summed E-state index contributed by atoms with van der Waals surface area (Å²) >= 11 is 0.728. The van der Waals surface area contributed by atoms with Gasteiger partial charge >= 0.3 is 12.4 Å². The van der Waals surface area contributed by atoms with Crippen molar-refractivity contribution in [3.05, 3.63) is 43.8 Å². The summed E-state index contributed by atoms with van der Waals surface area (Å²) in [5, 5.41) is 13.9. The van der Waals surface area contributed by atoms with Gasteiger partial charge in [0.05, 0.1) is 6.54 Å². The molecule has 0 bridgehead atoms. The topological polar surface area (TPSA) is 110 Å². The van der Waals surface area contributed by atoms with Crippen molar-refractivity contribution in [2.75, 3.05) is 36.9 Å². The lowest BCUT2D eigenvalue weighted by Gasteiger charge is -2.28. The van der Waals surface area contributed by atoms with E-state index in [1.165, 1.54) is 24.2 Å². The number of nitrogens with zero attached hydrogens (tertiary/aromatic N) is 4. The number of hydrogen-bond acceptors (Lipinski definition) is 7. The van der Waals surface area contributed by atoms with Crippen molar-refractivity contribution in [2.24, 2.45) is 0 Å². The lowest BCUT2D eigenvalue weighted by atomic mass is 10.2. The molecule has 1 aromatic carbocycles. The predicted molar refractivity (Wildman–Crippen MR) is 140 cm³/mol. The van der Waals surface area contributed by atoms with Gasteiger partial charge in [0, 0.05) is 31.2 Å². The van der Waals surface area contributed by atoms with Crippen LogP contribution in [0.5, 0.6) is 0 Å². The highest BCUT2D eigenvalue weighted by molar-refractivity contribution is 7.07. The van der Waals surface area contributed by atoms with Gasteiger partial charge in [-0.1, -0.05) is 6.07 Å². The number of likely N-dealkylation sites (tertiary alicyclic amines) is 1. The van der Waals surface area contributed by atoms with Crippen LogP contribution in [0.15, 0.2) is 29.1 Å². The van der Waals surface area contributed by atoms with Crippen LogP contribution in [0.1, 0.15) is 19.8 Å². The molecule has 1 aliphatic rings. The van der Waals surface area contributed by atoms with Gasteiger partial charge in [-0.15, -0.1) is 11.3 Å². The van der Waals surface area contributed by atoms with Gasteiger partial charge in [-0.3, -0.25) is 23.9 Å². The molecular weight excluding hydrogens is 578 g/mol. The molecule has 2 amide bonds. The second kappa shape index (κ2) is 12.8. The Morgan fingerprint density at radius 3 is 2.56 bits per heavy atom. The molecule has 222 valence electrons. The van der Waals surface area contributed by atoms with Gasteiger partial charge in [-0.25, -0.2) is 0 Å². The van der Waals surface area contributed by atoms with Crippen molar-refractivity contribution in [1.29, 1.82) is 5.26 Å². The average molecular weight is 605 g/mol. The number of benzene rings is 1. The minimum atomic E-state index is -4.69. The van der Waals surface area contributed by atoms with Crippen LogP contribution in [0, 0.1) is 11.3 Å². The number of nitriles is 1. The molecule has 16 heteroatoms. The third-order valence-electron chi connectivity index (χ3n) is 6.28. The van der Waals surface area contributed by atoms with E-state index in [2.05, 4.69) is 5.32 Å². The normalized spacial score (nSPS) is 17.2. The first kappa shape index (κ1) is 31.7. The van der Waals surface area contributed by atoms with Crippen LogP contribution in [0.4, 0.5) is 37.7 Å². The standard InChI is InChI=1S/C25H26F6N6O3S/c1-3-37-22(40)18(41-23(37)17(11-32)21(39)34-14-24(26,27)28)12-33-15-6-4-7-16(10-15)35(2)20(38)13-36-9-5-8-19(36)25(29,30)31/h4,6-7,10,12,19,33H,3,5,8-9,13-14H2,1-2H3,(H,34,39)/b18-12+,23-17-. The molecule has 0 spiro atoms. The Morgan fingerprint density at radius 1 is 1.24 bits per heavy atom. The first-order valence-electron chi connectivity index (χ1n) is 12.3. The highest BCUT2D eigenvalue weighted by Crippen LogP contribution is 2.32. The Hall–Kier alpha value is -3.84. The molecule has 2 heterocycles. The van der Waals surface area contributed by atoms with Crippen LogP contribution in [-0.4, -0.2) is 66.4 Å². The fourth-order valence-electron chi connectivity index (χ4n) is 4.22. The largest absolute Gasteiger partial charge is 0.405 e. The second-order valence-corrected chi connectivity index (χ2v) is 10.1. The average Bonchev–Trinajstić information content (AvgIpc) is 3.50. The summed E-state index contributed by atoms with van der Waals surface area (Å²) in [6, 6.07) is 6.19. The molecule has 0 aliphatic carbocycles. The zero-order chi connectivity index (χ0) is 30.5. The van der Waals surface area contributed by atoms with Gasteiger partial charge in [-0.05, 0) is 44.5 Å². The van der Waals surface area contributed by atoms with E-state index in [-0.39, 0.29) is 28.7 Å². The van der Waals surface area contributed by atoms with E-state index < -0.39 is 54.4 Å². The molecule has 1 unspecified atom stereocenters. The fourth-order valence-corrected chi connectivity index (χ4v) is 5.31. The number of alkyl halides is 6. The Balaban J connectivity index is 1.83. The number of carbonyl (C=O) groups excluding carboxylic acids is 2. The molecular formula is C25H26F6N6O3S. The maximum absolute atomic E-state index is 13.2. The molecule has 1 fully saturated rings. The quantitative estimate of drug-likeness (QED) is 0.447. The second-order valence-electron chi connectivity index (χ2n) is 9.07. The minimum Gasteiger partial charge on any atom is -0.360 e. The third kappa shape index (κ3) is 7.88. The first-order valence-corrected chi connectivity index (χ1v) is 13.1. The summed E-state index contributed by atoms with van der Waals surface area (Å²) in [6.07, 6.45) is -7.56. The van der Waals surface area contributed by atoms with Crippen LogP contribution >= 0.6 is 11.3 Å². The smallest absolute Gasteiger partial charge is 0.360 e. The zero-order valence-corrected chi connectivity index (χ0v) is 22.7. The Labute approximate surface area is 234 Å². The lowest BCUT2D eigenvalue weighted by molar-refractivity contribution is -0.176. The van der Waals surface area contributed by atoms with Crippen molar-refractivity contribution in [2.45, 2.75) is 44.7 Å². The number of anilines is 2. The Bertz CT molecular complexity index is 1510. The number of rotatable bonds is 8. The molecule has 1 aromatic heterocycles. The molecule has 3 rings (SSSR count). The maximum atomic E-state index is 13.2. The molecule has 2 N–H and O–H groups in total. The lowest BCUT2D eigenvalue weighted by Crippen LogP contribution is -2.46. The number of amides is 2. The highest BCUT2D eigenvalue weighted by Gasteiger charge is 2.46. The number of aromatic nitrogens is 1. The molecule has 9 nitrogen and oxygen atoms in total. The summed E-state index contributed by atoms with van der Waals surface area (Å²) in [4.78, 5) is 40.2. The summed E-state index contributed by atoms with van der Waals surface area (Å²) in [7, 11) is 1.43. The van der Waals surface area contributed by atoms with Crippen molar-refractivity contribution in [3.63, 3.8) is 0 Å². The van der Waals surface area contributed by atoms with E-state index in [1.807, 2.05) is 0 Å². The van der Waals surface area contributed by atoms with Crippen LogP contribution in [-0.2, 0) is 16.1 Å². The van der Waals surface area contributed by atoms with Gasteiger partial charge in [-0.2, -0.15) is 31.6 Å². The zero-order valence-electron chi connectivity index (χ0n) is 21.9. The van der Waals surface area contributed by atoms with Crippen LogP contribution < -0.4 is 30.3 Å². The van der Waals surface area contributed by atoms with Crippen LogP contribution in [0.2, 0.25) is 0 Å². The number of nitrogens with one attached hydrogen (secondary N) is 2. The summed E-state index contributed by atoms with van der Waals surface area (Å²) < 4.78 is 78.2. The van der Waals surface area contributed by atoms with E-state index in [4.69, 9.17) is 0 Å². The van der Waals surface area contributed by atoms with Gasteiger partial charge in [0.1, 0.15) is 27.9 Å². The number of hydrogen-bond donors (Lipinski definition) is 2. The van der Waals surface area contributed by atoms with E-state index in [0.29, 0.717) is 17.8 Å². The SMILES string of the molecule is CCn1c(=O)/c(=C\Nc2cccc(N(C)C(=O)CN3CCCC3C(F)(F)F)c2)s/c1=C(/C#N)C(=O)NCC(F)(F)F. The van der Waals surface area contributed by atoms with Crippen LogP contribution in [0.3, 0.4) is 0 Å². The van der Waals surface area contributed by atoms with Crippen molar-refractivity contribution in [3.8, 4) is 6.07 Å². The van der Waals surface area contributed by atoms with E-state index in [0.717, 1.165) is 20.8 Å². The highest BCUT2D eigenvalue weighted by atomic mass is 32.1. The van der Waals surface area contributed by atoms with E-state index in [9.17, 15) is 46.0 Å². The molecule has 1 aliphatic heterocycles. The molecule has 1 saturated heterocycles. The summed E-state index contributed by atoms with van der Waals surface area (Å²) in [5.74, 6) is -1.82. The van der Waals surface area contributed by atoms with Gasteiger partial charge < -0.3 is 15.5 Å². The van der Waals surface area contributed by atoms with Gasteiger partial charge in [0.2, 0.25) is 5.91 Å². The number of halogens is 6. The Morgan fingerprint density at radius 2 is 1.95 bits per heavy atom. The summed E-state index contributed by atoms with van der Waals surface area (Å²) in [5.41, 5.74) is -0.466. The first-order chi connectivity index (χ1) is 19.2. The molecule has 0 saturated carbocycles. The van der Waals surface area contributed by atoms with E-state index >= 15 is 0 Å². The molecule has 2 aromatic rings. The number of carbonyl (C=O) groups is 2. The molecule has 1 atom stereocenters. The minimum absolute atomic E-state index is 0.0326. The van der Waals surface area contributed by atoms with Crippen molar-refractivity contribution in [1.82, 2.24) is 14.8 Å². The molecule has 0 radical (unpaired) electrons. The summed E-state index contributed by atoms with van der Waals surface area (Å²) in [6.45, 7) is -0.300. The number of thiazole rings is 1. The fraction of sp³-hybridized carbons (Fsp3) is 0.440. The van der Waals surface area contributed by atoms with Gasteiger partial charge in [0.25, 0.3) is 11.5 Å². The van der Waals surface area contributed by atoms with Gasteiger partial charge in [0.15, 0.2) is 5.57 Å². The molecule has 41 heavy (non-hydrogen) atoms. The maximum Gasteiger partial charge on any atom is 0.405 e. The van der Waals surface area contributed by atoms with Crippen LogP contribution in [0.25, 0.3) is 11.8 Å². The predicted octanol–water partition coefficient (Wildman–Crippen LogP) is 2.12. The van der Waals surface area contributed by atoms with Crippen molar-refractivity contribution >= 4 is 46.3 Å².